The van der Waals surface area contributed by atoms with E-state index in [4.69, 9.17) is 4.42 Å². The average Bonchev–Trinajstić information content (AvgIpc) is 3.19. The Hall–Kier alpha value is -3.06. The molecule has 1 fully saturated rings. The van der Waals surface area contributed by atoms with Gasteiger partial charge in [-0.1, -0.05) is 18.2 Å². The number of amides is 3. The number of carbonyl (C=O) groups excluding carboxylic acids is 3. The van der Waals surface area contributed by atoms with Crippen LogP contribution in [0.3, 0.4) is 0 Å². The molecule has 2 aromatic rings. The SMILES string of the molecule is Cc1cccc(NC(=O)CN2C(=O)S/C(=C/C=C/c3ccco3)C2=O)c1. The number of benzene rings is 1. The van der Waals surface area contributed by atoms with E-state index in [0.717, 1.165) is 22.2 Å². The Morgan fingerprint density at radius 3 is 2.85 bits per heavy atom. The van der Waals surface area contributed by atoms with Crippen molar-refractivity contribution in [2.45, 2.75) is 6.92 Å². The second-order valence-electron chi connectivity index (χ2n) is 5.58. The number of hydrogen-bond acceptors (Lipinski definition) is 5. The lowest BCUT2D eigenvalue weighted by Gasteiger charge is -2.12. The zero-order valence-corrected chi connectivity index (χ0v) is 14.8. The fourth-order valence-corrected chi connectivity index (χ4v) is 3.12. The van der Waals surface area contributed by atoms with Crippen LogP contribution in [0.1, 0.15) is 11.3 Å². The molecule has 1 aliphatic heterocycles. The van der Waals surface area contributed by atoms with Crippen LogP contribution in [-0.4, -0.2) is 28.5 Å². The fourth-order valence-electron chi connectivity index (χ4n) is 2.33. The molecule has 1 saturated heterocycles. The van der Waals surface area contributed by atoms with Crippen LogP contribution >= 0.6 is 11.8 Å². The summed E-state index contributed by atoms with van der Waals surface area (Å²) in [6.07, 6.45) is 6.38. The summed E-state index contributed by atoms with van der Waals surface area (Å²) < 4.78 is 5.15. The van der Waals surface area contributed by atoms with Crippen LogP contribution in [-0.2, 0) is 9.59 Å². The van der Waals surface area contributed by atoms with Crippen LogP contribution in [0.4, 0.5) is 10.5 Å². The summed E-state index contributed by atoms with van der Waals surface area (Å²) in [7, 11) is 0. The van der Waals surface area contributed by atoms with E-state index in [-0.39, 0.29) is 11.4 Å². The van der Waals surface area contributed by atoms with E-state index < -0.39 is 17.1 Å². The van der Waals surface area contributed by atoms with Gasteiger partial charge >= 0.3 is 0 Å². The molecule has 6 nitrogen and oxygen atoms in total. The smallest absolute Gasteiger partial charge is 0.294 e. The number of hydrogen-bond donors (Lipinski definition) is 1. The third-order valence-electron chi connectivity index (χ3n) is 3.53. The summed E-state index contributed by atoms with van der Waals surface area (Å²) in [4.78, 5) is 37.7. The van der Waals surface area contributed by atoms with Gasteiger partial charge in [0.15, 0.2) is 0 Å². The predicted octanol–water partition coefficient (Wildman–Crippen LogP) is 3.82. The summed E-state index contributed by atoms with van der Waals surface area (Å²) in [5, 5.41) is 2.22. The summed E-state index contributed by atoms with van der Waals surface area (Å²) >= 11 is 0.806. The number of imide groups is 1. The summed E-state index contributed by atoms with van der Waals surface area (Å²) in [5.41, 5.74) is 1.62. The van der Waals surface area contributed by atoms with Crippen molar-refractivity contribution in [3.8, 4) is 0 Å². The van der Waals surface area contributed by atoms with Crippen LogP contribution in [0.25, 0.3) is 6.08 Å². The van der Waals surface area contributed by atoms with Crippen molar-refractivity contribution in [1.82, 2.24) is 4.90 Å². The number of rotatable bonds is 5. The lowest BCUT2D eigenvalue weighted by molar-refractivity contribution is -0.127. The van der Waals surface area contributed by atoms with Gasteiger partial charge in [0.1, 0.15) is 12.3 Å². The summed E-state index contributed by atoms with van der Waals surface area (Å²) in [6, 6.07) is 10.8. The van der Waals surface area contributed by atoms with Crippen LogP contribution in [0.15, 0.2) is 64.1 Å². The molecule has 0 bridgehead atoms. The van der Waals surface area contributed by atoms with Gasteiger partial charge < -0.3 is 9.73 Å². The molecule has 3 rings (SSSR count). The van der Waals surface area contributed by atoms with Crippen molar-refractivity contribution in [2.24, 2.45) is 0 Å². The van der Waals surface area contributed by atoms with Crippen molar-refractivity contribution in [3.05, 3.63) is 71.0 Å². The molecule has 0 saturated carbocycles. The van der Waals surface area contributed by atoms with Gasteiger partial charge in [0, 0.05) is 5.69 Å². The number of anilines is 1. The topological polar surface area (TPSA) is 79.6 Å². The molecule has 1 aromatic carbocycles. The van der Waals surface area contributed by atoms with Gasteiger partial charge in [0.2, 0.25) is 5.91 Å². The minimum absolute atomic E-state index is 0.265. The van der Waals surface area contributed by atoms with Gasteiger partial charge in [0.05, 0.1) is 11.2 Å². The van der Waals surface area contributed by atoms with Gasteiger partial charge in [-0.15, -0.1) is 0 Å². The standard InChI is InChI=1S/C19H16N2O4S/c1-13-5-2-6-14(11-13)20-17(22)12-21-18(23)16(26-19(21)24)9-3-7-15-8-4-10-25-15/h2-11H,12H2,1H3,(H,20,22)/b7-3+,16-9+. The van der Waals surface area contributed by atoms with Gasteiger partial charge in [0.25, 0.3) is 11.1 Å². The van der Waals surface area contributed by atoms with Gasteiger partial charge in [-0.25, -0.2) is 0 Å². The number of furan rings is 1. The van der Waals surface area contributed by atoms with Gasteiger partial charge in [-0.2, -0.15) is 0 Å². The molecule has 0 spiro atoms. The maximum atomic E-state index is 12.3. The molecule has 26 heavy (non-hydrogen) atoms. The minimum Gasteiger partial charge on any atom is -0.465 e. The molecule has 132 valence electrons. The van der Waals surface area contributed by atoms with Crippen molar-refractivity contribution < 1.29 is 18.8 Å². The Bertz CT molecular complexity index is 900. The van der Waals surface area contributed by atoms with Crippen molar-refractivity contribution >= 4 is 40.6 Å². The monoisotopic (exact) mass is 368 g/mol. The lowest BCUT2D eigenvalue weighted by atomic mass is 10.2. The molecule has 1 aromatic heterocycles. The number of thioether (sulfide) groups is 1. The largest absolute Gasteiger partial charge is 0.465 e. The fraction of sp³-hybridized carbons (Fsp3) is 0.105. The molecule has 0 atom stereocenters. The Morgan fingerprint density at radius 1 is 1.27 bits per heavy atom. The van der Waals surface area contributed by atoms with E-state index in [1.807, 2.05) is 25.1 Å². The van der Waals surface area contributed by atoms with Crippen LogP contribution in [0, 0.1) is 6.92 Å². The number of aryl methyl sites for hydroxylation is 1. The highest BCUT2D eigenvalue weighted by atomic mass is 32.2. The first-order chi connectivity index (χ1) is 12.5. The number of carbonyl (C=O) groups is 3. The van der Waals surface area contributed by atoms with Gasteiger partial charge in [-0.05, 0) is 60.7 Å². The van der Waals surface area contributed by atoms with Crippen molar-refractivity contribution in [2.75, 3.05) is 11.9 Å². The van der Waals surface area contributed by atoms with E-state index in [0.29, 0.717) is 11.4 Å². The quantitative estimate of drug-likeness (QED) is 0.812. The molecule has 7 heteroatoms. The van der Waals surface area contributed by atoms with Crippen molar-refractivity contribution in [1.29, 1.82) is 0 Å². The Balaban J connectivity index is 1.62. The highest BCUT2D eigenvalue weighted by Crippen LogP contribution is 2.30. The maximum Gasteiger partial charge on any atom is 0.294 e. The molecule has 1 N–H and O–H groups in total. The molecule has 3 amide bonds. The number of nitrogens with zero attached hydrogens (tertiary/aromatic N) is 1. The molecule has 2 heterocycles. The van der Waals surface area contributed by atoms with Gasteiger partial charge in [-0.3, -0.25) is 19.3 Å². The highest BCUT2D eigenvalue weighted by molar-refractivity contribution is 8.18. The zero-order chi connectivity index (χ0) is 18.5. The molecular weight excluding hydrogens is 352 g/mol. The zero-order valence-electron chi connectivity index (χ0n) is 14.0. The van der Waals surface area contributed by atoms with E-state index in [1.54, 1.807) is 36.6 Å². The van der Waals surface area contributed by atoms with Crippen LogP contribution < -0.4 is 5.32 Å². The average molecular weight is 368 g/mol. The number of allylic oxidation sites excluding steroid dienone is 2. The minimum atomic E-state index is -0.483. The van der Waals surface area contributed by atoms with E-state index in [1.165, 1.54) is 6.08 Å². The second kappa shape index (κ2) is 7.88. The lowest BCUT2D eigenvalue weighted by Crippen LogP contribution is -2.36. The maximum absolute atomic E-state index is 12.3. The van der Waals surface area contributed by atoms with Crippen LogP contribution in [0.2, 0.25) is 0 Å². The molecular formula is C19H16N2O4S. The Morgan fingerprint density at radius 2 is 2.12 bits per heavy atom. The molecule has 0 aliphatic carbocycles. The third kappa shape index (κ3) is 4.31. The first-order valence-electron chi connectivity index (χ1n) is 7.85. The number of nitrogens with one attached hydrogen (secondary N) is 1. The predicted molar refractivity (Wildman–Crippen MR) is 100 cm³/mol. The molecule has 1 aliphatic rings. The first-order valence-corrected chi connectivity index (χ1v) is 8.66. The Labute approximate surface area is 154 Å². The third-order valence-corrected chi connectivity index (χ3v) is 4.45. The first kappa shape index (κ1) is 17.8. The highest BCUT2D eigenvalue weighted by Gasteiger charge is 2.35. The summed E-state index contributed by atoms with van der Waals surface area (Å²) in [5.74, 6) is -0.272. The summed E-state index contributed by atoms with van der Waals surface area (Å²) in [6.45, 7) is 1.59. The normalized spacial score (nSPS) is 16.0. The van der Waals surface area contributed by atoms with Crippen molar-refractivity contribution in [3.63, 3.8) is 0 Å². The van der Waals surface area contributed by atoms with E-state index in [9.17, 15) is 14.4 Å². The van der Waals surface area contributed by atoms with E-state index >= 15 is 0 Å². The second-order valence-corrected chi connectivity index (χ2v) is 6.58. The Kier molecular flexibility index (Phi) is 5.38. The molecule has 0 radical (unpaired) electrons. The van der Waals surface area contributed by atoms with Crippen LogP contribution in [0.5, 0.6) is 0 Å². The molecule has 0 unspecified atom stereocenters. The van der Waals surface area contributed by atoms with E-state index in [2.05, 4.69) is 5.32 Å².